The van der Waals surface area contributed by atoms with Gasteiger partial charge in [-0.2, -0.15) is 0 Å². The number of aryl methyl sites for hydroxylation is 1. The maximum absolute atomic E-state index is 13.6. The van der Waals surface area contributed by atoms with Crippen molar-refractivity contribution < 1.29 is 33.1 Å². The molecule has 10 heteroatoms. The minimum Gasteiger partial charge on any atom is -0.454 e. The number of ether oxygens (including phenoxy) is 3. The van der Waals surface area contributed by atoms with Crippen LogP contribution in [0.2, 0.25) is 0 Å². The Morgan fingerprint density at radius 2 is 1.97 bits per heavy atom. The number of carbonyl (C=O) groups excluding carboxylic acids is 2. The minimum atomic E-state index is -1.18. The van der Waals surface area contributed by atoms with Gasteiger partial charge in [0.05, 0.1) is 16.6 Å². The molecule has 30 heavy (non-hydrogen) atoms. The van der Waals surface area contributed by atoms with Crippen molar-refractivity contribution in [2.45, 2.75) is 20.0 Å². The topological polar surface area (TPSA) is 117 Å². The number of fused-ring (bicyclic) bond motifs is 1. The fourth-order valence-corrected chi connectivity index (χ4v) is 2.58. The summed E-state index contributed by atoms with van der Waals surface area (Å²) < 4.78 is 28.8. The molecule has 1 heterocycles. The number of nitrogens with zero attached hydrogens (tertiary/aromatic N) is 1. The molecule has 2 aromatic carbocycles. The third kappa shape index (κ3) is 4.72. The van der Waals surface area contributed by atoms with Crippen molar-refractivity contribution in [3.63, 3.8) is 0 Å². The number of amides is 1. The molecule has 0 fully saturated rings. The van der Waals surface area contributed by atoms with Crippen molar-refractivity contribution in [3.05, 3.63) is 63.5 Å². The van der Waals surface area contributed by atoms with Crippen LogP contribution in [0, 0.1) is 22.9 Å². The first-order chi connectivity index (χ1) is 14.2. The van der Waals surface area contributed by atoms with Crippen LogP contribution >= 0.6 is 0 Å². The van der Waals surface area contributed by atoms with Crippen molar-refractivity contribution in [1.82, 2.24) is 0 Å². The molecule has 0 saturated carbocycles. The fraction of sp³-hybridized carbons (Fsp3) is 0.200. The maximum Gasteiger partial charge on any atom is 0.331 e. The summed E-state index contributed by atoms with van der Waals surface area (Å²) in [5.74, 6) is -1.48. The second kappa shape index (κ2) is 8.60. The third-order valence-corrected chi connectivity index (χ3v) is 4.22. The highest BCUT2D eigenvalue weighted by molar-refractivity contribution is 5.96. The number of nitrogens with one attached hydrogen (secondary N) is 1. The lowest BCUT2D eigenvalue weighted by molar-refractivity contribution is -0.385. The summed E-state index contributed by atoms with van der Waals surface area (Å²) in [6, 6.07) is 6.74. The zero-order chi connectivity index (χ0) is 21.8. The van der Waals surface area contributed by atoms with Crippen LogP contribution in [-0.2, 0) is 14.3 Å². The highest BCUT2D eigenvalue weighted by Crippen LogP contribution is 2.38. The number of nitro groups is 1. The molecule has 2 aromatic rings. The SMILES string of the molecule is Cc1ccc(NC(=O)[C@@H](C)OC(=O)/C=C/c2cc3c(cc2[N+](=O)[O-])OCO3)cc1F. The summed E-state index contributed by atoms with van der Waals surface area (Å²) in [7, 11) is 0. The fourth-order valence-electron chi connectivity index (χ4n) is 2.58. The van der Waals surface area contributed by atoms with Gasteiger partial charge in [-0.05, 0) is 43.7 Å². The lowest BCUT2D eigenvalue weighted by Crippen LogP contribution is -2.29. The first-order valence-electron chi connectivity index (χ1n) is 8.78. The van der Waals surface area contributed by atoms with E-state index in [9.17, 15) is 24.1 Å². The standard InChI is InChI=1S/C20H17FN2O7/c1-11-3-5-14(8-15(11)21)22-20(25)12(2)30-19(24)6-4-13-7-17-18(29-10-28-17)9-16(13)23(26)27/h3-9,12H,10H2,1-2H3,(H,22,25)/b6-4+/t12-/m1/s1. The second-order valence-corrected chi connectivity index (χ2v) is 6.39. The van der Waals surface area contributed by atoms with E-state index in [2.05, 4.69) is 5.32 Å². The predicted octanol–water partition coefficient (Wildman–Crippen LogP) is 3.35. The van der Waals surface area contributed by atoms with E-state index in [-0.39, 0.29) is 29.5 Å². The summed E-state index contributed by atoms with van der Waals surface area (Å²) in [6.45, 7) is 2.87. The highest BCUT2D eigenvalue weighted by Gasteiger charge is 2.23. The number of rotatable bonds is 6. The highest BCUT2D eigenvalue weighted by atomic mass is 19.1. The summed E-state index contributed by atoms with van der Waals surface area (Å²) in [5, 5.41) is 13.7. The Bertz CT molecular complexity index is 1050. The average Bonchev–Trinajstić information content (AvgIpc) is 3.15. The Morgan fingerprint density at radius 3 is 2.63 bits per heavy atom. The van der Waals surface area contributed by atoms with E-state index in [4.69, 9.17) is 14.2 Å². The molecule has 156 valence electrons. The number of carbonyl (C=O) groups is 2. The van der Waals surface area contributed by atoms with E-state index in [1.54, 1.807) is 6.92 Å². The van der Waals surface area contributed by atoms with Crippen LogP contribution in [0.25, 0.3) is 6.08 Å². The molecule has 9 nitrogen and oxygen atoms in total. The smallest absolute Gasteiger partial charge is 0.331 e. The maximum atomic E-state index is 13.6. The molecule has 1 amide bonds. The van der Waals surface area contributed by atoms with Gasteiger partial charge in [-0.3, -0.25) is 14.9 Å². The van der Waals surface area contributed by atoms with Crippen LogP contribution in [0.1, 0.15) is 18.1 Å². The van der Waals surface area contributed by atoms with Gasteiger partial charge in [0.25, 0.3) is 11.6 Å². The Morgan fingerprint density at radius 1 is 1.27 bits per heavy atom. The molecule has 3 rings (SSSR count). The third-order valence-electron chi connectivity index (χ3n) is 4.22. The molecule has 0 radical (unpaired) electrons. The van der Waals surface area contributed by atoms with Crippen molar-refractivity contribution in [2.75, 3.05) is 12.1 Å². The number of hydrogen-bond acceptors (Lipinski definition) is 7. The van der Waals surface area contributed by atoms with Gasteiger partial charge >= 0.3 is 5.97 Å². The first kappa shape index (κ1) is 20.8. The van der Waals surface area contributed by atoms with Crippen LogP contribution in [0.15, 0.2) is 36.4 Å². The second-order valence-electron chi connectivity index (χ2n) is 6.39. The van der Waals surface area contributed by atoms with Crippen LogP contribution in [0.4, 0.5) is 15.8 Å². The van der Waals surface area contributed by atoms with E-state index in [1.165, 1.54) is 37.3 Å². The minimum absolute atomic E-state index is 0.0563. The number of esters is 1. The van der Waals surface area contributed by atoms with Gasteiger partial charge in [0.15, 0.2) is 17.6 Å². The number of hydrogen-bond donors (Lipinski definition) is 1. The van der Waals surface area contributed by atoms with Gasteiger partial charge in [0.1, 0.15) is 5.82 Å². The summed E-state index contributed by atoms with van der Waals surface area (Å²) >= 11 is 0. The lowest BCUT2D eigenvalue weighted by atomic mass is 10.1. The number of nitro benzene ring substituents is 1. The normalized spacial score (nSPS) is 13.2. The molecular weight excluding hydrogens is 399 g/mol. The van der Waals surface area contributed by atoms with Crippen molar-refractivity contribution in [1.29, 1.82) is 0 Å². The number of halogens is 1. The number of anilines is 1. The molecule has 1 aliphatic rings. The van der Waals surface area contributed by atoms with Crippen molar-refractivity contribution >= 4 is 29.3 Å². The average molecular weight is 416 g/mol. The first-order valence-corrected chi connectivity index (χ1v) is 8.78. The van der Waals surface area contributed by atoms with Crippen molar-refractivity contribution in [2.24, 2.45) is 0 Å². The molecule has 0 bridgehead atoms. The zero-order valence-electron chi connectivity index (χ0n) is 16.0. The quantitative estimate of drug-likeness (QED) is 0.332. The Kier molecular flexibility index (Phi) is 5.95. The molecular formula is C20H17FN2O7. The van der Waals surface area contributed by atoms with Gasteiger partial charge in [-0.25, -0.2) is 9.18 Å². The Balaban J connectivity index is 1.64. The van der Waals surface area contributed by atoms with Gasteiger partial charge in [-0.1, -0.05) is 6.07 Å². The van der Waals surface area contributed by atoms with E-state index in [0.29, 0.717) is 11.3 Å². The van der Waals surface area contributed by atoms with Gasteiger partial charge in [0, 0.05) is 11.8 Å². The molecule has 0 unspecified atom stereocenters. The monoisotopic (exact) mass is 416 g/mol. The molecule has 1 atom stereocenters. The van der Waals surface area contributed by atoms with Gasteiger partial charge in [0.2, 0.25) is 6.79 Å². The van der Waals surface area contributed by atoms with E-state index in [1.807, 2.05) is 0 Å². The van der Waals surface area contributed by atoms with Crippen LogP contribution < -0.4 is 14.8 Å². The summed E-state index contributed by atoms with van der Waals surface area (Å²) in [4.78, 5) is 34.8. The van der Waals surface area contributed by atoms with Crippen LogP contribution in [0.5, 0.6) is 11.5 Å². The summed E-state index contributed by atoms with van der Waals surface area (Å²) in [5.41, 5.74) is 0.469. The van der Waals surface area contributed by atoms with Crippen LogP contribution in [-0.4, -0.2) is 29.7 Å². The molecule has 0 aromatic heterocycles. The zero-order valence-corrected chi connectivity index (χ0v) is 16.0. The lowest BCUT2D eigenvalue weighted by Gasteiger charge is -2.12. The largest absolute Gasteiger partial charge is 0.454 e. The van der Waals surface area contributed by atoms with Gasteiger partial charge < -0.3 is 19.5 Å². The Labute approximate surface area is 170 Å². The van der Waals surface area contributed by atoms with Crippen LogP contribution in [0.3, 0.4) is 0 Å². The molecule has 0 saturated heterocycles. The molecule has 1 N–H and O–H groups in total. The molecule has 0 aliphatic carbocycles. The number of benzene rings is 2. The molecule has 0 spiro atoms. The predicted molar refractivity (Wildman–Crippen MR) is 104 cm³/mol. The summed E-state index contributed by atoms with van der Waals surface area (Å²) in [6.07, 6.45) is 0.959. The van der Waals surface area contributed by atoms with E-state index in [0.717, 1.165) is 12.1 Å². The molecule has 1 aliphatic heterocycles. The van der Waals surface area contributed by atoms with E-state index >= 15 is 0 Å². The van der Waals surface area contributed by atoms with E-state index < -0.39 is 28.7 Å². The van der Waals surface area contributed by atoms with Crippen molar-refractivity contribution in [3.8, 4) is 11.5 Å². The van der Waals surface area contributed by atoms with Gasteiger partial charge in [-0.15, -0.1) is 0 Å². The Hall–Kier alpha value is -3.95.